The number of amides is 1. The van der Waals surface area contributed by atoms with E-state index in [1.54, 1.807) is 18.3 Å². The van der Waals surface area contributed by atoms with Crippen LogP contribution in [0.5, 0.6) is 0 Å². The number of hydrogen-bond acceptors (Lipinski definition) is 3. The summed E-state index contributed by atoms with van der Waals surface area (Å²) in [6.07, 6.45) is 3.09. The van der Waals surface area contributed by atoms with E-state index in [9.17, 15) is 4.79 Å². The third kappa shape index (κ3) is 4.60. The number of hydrogen-bond donors (Lipinski definition) is 2. The van der Waals surface area contributed by atoms with Crippen LogP contribution in [0.15, 0.2) is 42.7 Å². The van der Waals surface area contributed by atoms with Crippen molar-refractivity contribution in [2.75, 3.05) is 6.54 Å². The molecule has 0 saturated carbocycles. The highest BCUT2D eigenvalue weighted by Gasteiger charge is 2.06. The van der Waals surface area contributed by atoms with Gasteiger partial charge in [0.1, 0.15) is 0 Å². The number of aromatic nitrogens is 1. The second-order valence-electron chi connectivity index (χ2n) is 4.28. The number of nitrogens with zero attached hydrogens (tertiary/aromatic N) is 1. The lowest BCUT2D eigenvalue weighted by Gasteiger charge is -2.06. The topological polar surface area (TPSA) is 68.0 Å². The van der Waals surface area contributed by atoms with Crippen molar-refractivity contribution in [3.8, 4) is 11.8 Å². The third-order valence-corrected chi connectivity index (χ3v) is 2.91. The molecule has 0 atom stereocenters. The summed E-state index contributed by atoms with van der Waals surface area (Å²) < 4.78 is 0. The fraction of sp³-hybridized carbons (Fsp3) is 0.125. The first-order valence-corrected chi connectivity index (χ1v) is 6.73. The van der Waals surface area contributed by atoms with Crippen LogP contribution in [0.4, 0.5) is 0 Å². The Kier molecular flexibility index (Phi) is 5.33. The molecule has 0 aliphatic rings. The van der Waals surface area contributed by atoms with Gasteiger partial charge in [0.05, 0.1) is 12.1 Å². The van der Waals surface area contributed by atoms with Crippen LogP contribution in [0.25, 0.3) is 0 Å². The van der Waals surface area contributed by atoms with Crippen LogP contribution >= 0.6 is 11.6 Å². The minimum absolute atomic E-state index is 0.209. The Labute approximate surface area is 128 Å². The Hall–Kier alpha value is -2.35. The zero-order valence-corrected chi connectivity index (χ0v) is 12.0. The van der Waals surface area contributed by atoms with Crippen LogP contribution < -0.4 is 11.1 Å². The summed E-state index contributed by atoms with van der Waals surface area (Å²) >= 11 is 5.90. The molecule has 21 heavy (non-hydrogen) atoms. The minimum atomic E-state index is -0.209. The highest BCUT2D eigenvalue weighted by Crippen LogP contribution is 2.10. The van der Waals surface area contributed by atoms with Crippen LogP contribution in [0.3, 0.4) is 0 Å². The third-order valence-electron chi connectivity index (χ3n) is 2.68. The molecule has 3 N–H and O–H groups in total. The fourth-order valence-electron chi connectivity index (χ4n) is 1.72. The number of carbonyl (C=O) groups is 1. The van der Waals surface area contributed by atoms with E-state index in [0.717, 1.165) is 5.56 Å². The highest BCUT2D eigenvalue weighted by atomic mass is 35.5. The molecule has 0 aliphatic carbocycles. The molecule has 2 rings (SSSR count). The van der Waals surface area contributed by atoms with Crippen LogP contribution in [-0.2, 0) is 6.54 Å². The summed E-state index contributed by atoms with van der Waals surface area (Å²) in [4.78, 5) is 16.1. The van der Waals surface area contributed by atoms with E-state index in [1.165, 1.54) is 6.20 Å². The quantitative estimate of drug-likeness (QED) is 0.852. The SMILES string of the molecule is NCC#Cc1cncc(C(=O)NCc2cccc(Cl)c2)c1. The zero-order chi connectivity index (χ0) is 15.1. The molecule has 5 heteroatoms. The second kappa shape index (κ2) is 7.44. The first-order chi connectivity index (χ1) is 10.2. The molecule has 1 aromatic carbocycles. The summed E-state index contributed by atoms with van der Waals surface area (Å²) in [7, 11) is 0. The lowest BCUT2D eigenvalue weighted by Crippen LogP contribution is -2.23. The number of benzene rings is 1. The number of rotatable bonds is 3. The van der Waals surface area contributed by atoms with Gasteiger partial charge in [0, 0.05) is 29.5 Å². The lowest BCUT2D eigenvalue weighted by atomic mass is 10.2. The molecule has 0 saturated heterocycles. The first kappa shape index (κ1) is 15.0. The van der Waals surface area contributed by atoms with Crippen molar-refractivity contribution in [1.29, 1.82) is 0 Å². The van der Waals surface area contributed by atoms with E-state index in [1.807, 2.05) is 18.2 Å². The molecule has 0 bridgehead atoms. The van der Waals surface area contributed by atoms with E-state index in [-0.39, 0.29) is 12.5 Å². The fourth-order valence-corrected chi connectivity index (χ4v) is 1.93. The normalized spacial score (nSPS) is 9.62. The number of nitrogens with two attached hydrogens (primary N) is 1. The Morgan fingerprint density at radius 3 is 2.95 bits per heavy atom. The Bertz CT molecular complexity index is 704. The molecule has 1 amide bonds. The predicted molar refractivity (Wildman–Crippen MR) is 82.8 cm³/mol. The average Bonchev–Trinajstić information content (AvgIpc) is 2.51. The van der Waals surface area contributed by atoms with Gasteiger partial charge in [-0.05, 0) is 23.8 Å². The van der Waals surface area contributed by atoms with Crippen LogP contribution in [0.2, 0.25) is 5.02 Å². The van der Waals surface area contributed by atoms with Gasteiger partial charge in [0.2, 0.25) is 0 Å². The maximum Gasteiger partial charge on any atom is 0.253 e. The monoisotopic (exact) mass is 299 g/mol. The van der Waals surface area contributed by atoms with Crippen molar-refractivity contribution in [3.63, 3.8) is 0 Å². The number of pyridine rings is 1. The van der Waals surface area contributed by atoms with E-state index in [2.05, 4.69) is 22.1 Å². The van der Waals surface area contributed by atoms with Crippen LogP contribution in [0, 0.1) is 11.8 Å². The first-order valence-electron chi connectivity index (χ1n) is 6.35. The molecule has 0 spiro atoms. The van der Waals surface area contributed by atoms with Gasteiger partial charge in [-0.25, -0.2) is 0 Å². The molecule has 1 aromatic heterocycles. The van der Waals surface area contributed by atoms with Gasteiger partial charge in [-0.3, -0.25) is 9.78 Å². The van der Waals surface area contributed by atoms with Crippen molar-refractivity contribution in [2.24, 2.45) is 5.73 Å². The predicted octanol–water partition coefficient (Wildman–Crippen LogP) is 1.98. The van der Waals surface area contributed by atoms with E-state index in [4.69, 9.17) is 17.3 Å². The van der Waals surface area contributed by atoms with Gasteiger partial charge in [-0.1, -0.05) is 35.6 Å². The highest BCUT2D eigenvalue weighted by molar-refractivity contribution is 6.30. The number of nitrogens with one attached hydrogen (secondary N) is 1. The molecule has 4 nitrogen and oxygen atoms in total. The number of halogens is 1. The molecule has 106 valence electrons. The minimum Gasteiger partial charge on any atom is -0.348 e. The smallest absolute Gasteiger partial charge is 0.253 e. The van der Waals surface area contributed by atoms with Gasteiger partial charge in [0.15, 0.2) is 0 Å². The maximum atomic E-state index is 12.1. The molecular formula is C16H14ClN3O. The summed E-state index contributed by atoms with van der Waals surface area (Å²) in [6, 6.07) is 9.02. The molecule has 0 fully saturated rings. The second-order valence-corrected chi connectivity index (χ2v) is 4.72. The number of carbonyl (C=O) groups excluding carboxylic acids is 1. The van der Waals surface area contributed by atoms with Crippen LogP contribution in [-0.4, -0.2) is 17.4 Å². The largest absolute Gasteiger partial charge is 0.348 e. The van der Waals surface area contributed by atoms with E-state index < -0.39 is 0 Å². The lowest BCUT2D eigenvalue weighted by molar-refractivity contribution is 0.0950. The molecule has 0 radical (unpaired) electrons. The van der Waals surface area contributed by atoms with Gasteiger partial charge < -0.3 is 11.1 Å². The van der Waals surface area contributed by atoms with E-state index in [0.29, 0.717) is 22.7 Å². The molecular weight excluding hydrogens is 286 g/mol. The zero-order valence-electron chi connectivity index (χ0n) is 11.3. The molecule has 0 unspecified atom stereocenters. The van der Waals surface area contributed by atoms with Crippen molar-refractivity contribution in [3.05, 3.63) is 64.4 Å². The average molecular weight is 300 g/mol. The summed E-state index contributed by atoms with van der Waals surface area (Å²) in [5.74, 6) is 5.36. The van der Waals surface area contributed by atoms with Gasteiger partial charge >= 0.3 is 0 Å². The Morgan fingerprint density at radius 2 is 2.19 bits per heavy atom. The molecule has 0 aliphatic heterocycles. The van der Waals surface area contributed by atoms with Crippen molar-refractivity contribution in [1.82, 2.24) is 10.3 Å². The van der Waals surface area contributed by atoms with Gasteiger partial charge in [-0.15, -0.1) is 0 Å². The Balaban J connectivity index is 2.03. The molecule has 2 aromatic rings. The summed E-state index contributed by atoms with van der Waals surface area (Å²) in [5.41, 5.74) is 7.37. The molecule has 1 heterocycles. The van der Waals surface area contributed by atoms with Gasteiger partial charge in [0.25, 0.3) is 5.91 Å². The van der Waals surface area contributed by atoms with Crippen molar-refractivity contribution < 1.29 is 4.79 Å². The summed E-state index contributed by atoms with van der Waals surface area (Å²) in [5, 5.41) is 3.46. The van der Waals surface area contributed by atoms with Gasteiger partial charge in [-0.2, -0.15) is 0 Å². The maximum absolute atomic E-state index is 12.1. The summed E-state index contributed by atoms with van der Waals surface area (Å²) in [6.45, 7) is 0.670. The van der Waals surface area contributed by atoms with Crippen molar-refractivity contribution >= 4 is 17.5 Å². The Morgan fingerprint density at radius 1 is 1.33 bits per heavy atom. The van der Waals surface area contributed by atoms with E-state index >= 15 is 0 Å². The standard InChI is InChI=1S/C16H14ClN3O/c17-15-5-1-3-13(8-15)10-20-16(21)14-7-12(4-2-6-18)9-19-11-14/h1,3,5,7-9,11H,6,10,18H2,(H,20,21). The van der Waals surface area contributed by atoms with Crippen LogP contribution in [0.1, 0.15) is 21.5 Å². The van der Waals surface area contributed by atoms with Crippen molar-refractivity contribution in [2.45, 2.75) is 6.54 Å².